The zero-order valence-electron chi connectivity index (χ0n) is 11.4. The van der Waals surface area contributed by atoms with Crippen LogP contribution in [0, 0.1) is 0 Å². The van der Waals surface area contributed by atoms with Crippen LogP contribution in [0.1, 0.15) is 16.2 Å². The third-order valence-electron chi connectivity index (χ3n) is 3.16. The largest absolute Gasteiger partial charge is 0.373 e. The molecule has 1 aromatic carbocycles. The molecule has 0 unspecified atom stereocenters. The van der Waals surface area contributed by atoms with Crippen LogP contribution in [-0.2, 0) is 6.54 Å². The second-order valence-corrected chi connectivity index (χ2v) is 4.43. The molecule has 0 saturated carbocycles. The number of aromatic amines is 1. The summed E-state index contributed by atoms with van der Waals surface area (Å²) in [4.78, 5) is 20.6. The van der Waals surface area contributed by atoms with Crippen molar-refractivity contribution in [3.05, 3.63) is 48.2 Å². The lowest BCUT2D eigenvalue weighted by Gasteiger charge is -2.09. The Morgan fingerprint density at radius 2 is 2.05 bits per heavy atom. The van der Waals surface area contributed by atoms with Crippen molar-refractivity contribution in [2.24, 2.45) is 0 Å². The molecule has 0 radical (unpaired) electrons. The molecule has 2 heterocycles. The molecule has 1 amide bonds. The number of carbonyl (C=O) groups excluding carboxylic acids is 1. The summed E-state index contributed by atoms with van der Waals surface area (Å²) >= 11 is 0. The first-order valence-corrected chi connectivity index (χ1v) is 6.47. The molecular weight excluding hydrogens is 268 g/mol. The molecule has 0 spiro atoms. The Balaban J connectivity index is 1.91. The minimum atomic E-state index is -0.197. The molecule has 0 aliphatic heterocycles. The molecular formula is C14H14N6O. The number of nitrogens with zero attached hydrogens (tertiary/aromatic N) is 3. The Morgan fingerprint density at radius 3 is 2.76 bits per heavy atom. The van der Waals surface area contributed by atoms with E-state index < -0.39 is 0 Å². The van der Waals surface area contributed by atoms with E-state index in [4.69, 9.17) is 0 Å². The maximum absolute atomic E-state index is 12.3. The summed E-state index contributed by atoms with van der Waals surface area (Å²) in [6, 6.07) is 7.65. The van der Waals surface area contributed by atoms with Crippen molar-refractivity contribution in [3.8, 4) is 0 Å². The zero-order valence-corrected chi connectivity index (χ0v) is 11.4. The summed E-state index contributed by atoms with van der Waals surface area (Å²) in [6.07, 6.45) is 2.98. The second-order valence-electron chi connectivity index (χ2n) is 4.43. The number of hydrogen-bond donors (Lipinski definition) is 3. The normalized spacial score (nSPS) is 10.5. The van der Waals surface area contributed by atoms with Crippen LogP contribution >= 0.6 is 0 Å². The summed E-state index contributed by atoms with van der Waals surface area (Å²) < 4.78 is 0. The quantitative estimate of drug-likeness (QED) is 0.671. The highest BCUT2D eigenvalue weighted by Gasteiger charge is 2.13. The lowest BCUT2D eigenvalue weighted by molar-refractivity contribution is 0.0951. The molecule has 0 aliphatic carbocycles. The lowest BCUT2D eigenvalue weighted by atomic mass is 10.1. The van der Waals surface area contributed by atoms with Gasteiger partial charge >= 0.3 is 0 Å². The van der Waals surface area contributed by atoms with E-state index >= 15 is 0 Å². The van der Waals surface area contributed by atoms with Crippen LogP contribution in [0.4, 0.5) is 5.82 Å². The van der Waals surface area contributed by atoms with E-state index in [1.807, 2.05) is 24.3 Å². The van der Waals surface area contributed by atoms with Crippen LogP contribution in [0.3, 0.4) is 0 Å². The van der Waals surface area contributed by atoms with Gasteiger partial charge in [-0.05, 0) is 5.39 Å². The summed E-state index contributed by atoms with van der Waals surface area (Å²) in [5.41, 5.74) is 0.532. The number of amides is 1. The van der Waals surface area contributed by atoms with Crippen molar-refractivity contribution in [3.63, 3.8) is 0 Å². The molecule has 0 bridgehead atoms. The molecule has 0 saturated heterocycles. The fraction of sp³-hybridized carbons (Fsp3) is 0.143. The predicted octanol–water partition coefficient (Wildman–Crippen LogP) is 1.32. The van der Waals surface area contributed by atoms with Gasteiger partial charge in [0.15, 0.2) is 0 Å². The van der Waals surface area contributed by atoms with Gasteiger partial charge in [-0.25, -0.2) is 9.97 Å². The Bertz CT molecular complexity index is 768. The average molecular weight is 282 g/mol. The molecule has 0 aliphatic rings. The van der Waals surface area contributed by atoms with Crippen LogP contribution < -0.4 is 10.6 Å². The van der Waals surface area contributed by atoms with Crippen LogP contribution in [0.5, 0.6) is 0 Å². The molecule has 3 N–H and O–H groups in total. The number of hydrogen-bond acceptors (Lipinski definition) is 5. The van der Waals surface area contributed by atoms with Gasteiger partial charge in [0.05, 0.1) is 12.1 Å². The van der Waals surface area contributed by atoms with Crippen molar-refractivity contribution in [2.45, 2.75) is 6.54 Å². The second kappa shape index (κ2) is 5.58. The molecule has 21 heavy (non-hydrogen) atoms. The Kier molecular flexibility index (Phi) is 3.46. The third kappa shape index (κ3) is 2.53. The highest BCUT2D eigenvalue weighted by Crippen LogP contribution is 2.23. The number of fused-ring (bicyclic) bond motifs is 1. The number of benzene rings is 1. The summed E-state index contributed by atoms with van der Waals surface area (Å²) in [7, 11) is 1.80. The van der Waals surface area contributed by atoms with Gasteiger partial charge in [-0.15, -0.1) is 0 Å². The summed E-state index contributed by atoms with van der Waals surface area (Å²) in [5.74, 6) is 1.16. The van der Waals surface area contributed by atoms with Gasteiger partial charge in [-0.1, -0.05) is 24.3 Å². The number of carbonyl (C=O) groups is 1. The number of anilines is 1. The molecule has 3 aromatic rings. The van der Waals surface area contributed by atoms with E-state index in [-0.39, 0.29) is 5.91 Å². The monoisotopic (exact) mass is 282 g/mol. The minimum Gasteiger partial charge on any atom is -0.373 e. The minimum absolute atomic E-state index is 0.197. The number of pyridine rings is 1. The van der Waals surface area contributed by atoms with Crippen molar-refractivity contribution >= 4 is 22.5 Å². The van der Waals surface area contributed by atoms with Gasteiger partial charge in [-0.2, -0.15) is 5.10 Å². The van der Waals surface area contributed by atoms with Crippen molar-refractivity contribution in [1.82, 2.24) is 25.5 Å². The van der Waals surface area contributed by atoms with Gasteiger partial charge in [0.1, 0.15) is 18.0 Å². The fourth-order valence-electron chi connectivity index (χ4n) is 2.15. The standard InChI is InChI=1S/C14H14N6O/c1-15-13-10-5-3-2-4-9(10)11(6-16-13)14(21)17-7-12-18-8-19-20-12/h2-6,8H,7H2,1H3,(H,15,16)(H,17,21)(H,18,19,20). The molecule has 2 aromatic heterocycles. The van der Waals surface area contributed by atoms with E-state index in [0.29, 0.717) is 17.9 Å². The van der Waals surface area contributed by atoms with Gasteiger partial charge in [-0.3, -0.25) is 9.89 Å². The average Bonchev–Trinajstić information content (AvgIpc) is 3.05. The fourth-order valence-corrected chi connectivity index (χ4v) is 2.15. The molecule has 7 nitrogen and oxygen atoms in total. The molecule has 0 fully saturated rings. The lowest BCUT2D eigenvalue weighted by Crippen LogP contribution is -2.24. The van der Waals surface area contributed by atoms with Crippen LogP contribution in [0.15, 0.2) is 36.8 Å². The van der Waals surface area contributed by atoms with Crippen molar-refractivity contribution < 1.29 is 4.79 Å². The molecule has 7 heteroatoms. The highest BCUT2D eigenvalue weighted by atomic mass is 16.1. The van der Waals surface area contributed by atoms with Gasteiger partial charge < -0.3 is 10.6 Å². The van der Waals surface area contributed by atoms with Gasteiger partial charge in [0, 0.05) is 18.6 Å². The molecule has 3 rings (SSSR count). The number of aromatic nitrogens is 4. The van der Waals surface area contributed by atoms with E-state index in [1.54, 1.807) is 13.2 Å². The Morgan fingerprint density at radius 1 is 1.24 bits per heavy atom. The van der Waals surface area contributed by atoms with Gasteiger partial charge in [0.25, 0.3) is 5.91 Å². The van der Waals surface area contributed by atoms with Crippen molar-refractivity contribution in [2.75, 3.05) is 12.4 Å². The predicted molar refractivity (Wildman–Crippen MR) is 78.8 cm³/mol. The molecule has 106 valence electrons. The summed E-state index contributed by atoms with van der Waals surface area (Å²) in [6.45, 7) is 0.293. The van der Waals surface area contributed by atoms with E-state index in [0.717, 1.165) is 16.6 Å². The first kappa shape index (κ1) is 13.0. The van der Waals surface area contributed by atoms with Crippen LogP contribution in [-0.4, -0.2) is 33.1 Å². The van der Waals surface area contributed by atoms with Gasteiger partial charge in [0.2, 0.25) is 0 Å². The number of nitrogens with one attached hydrogen (secondary N) is 3. The topological polar surface area (TPSA) is 95.6 Å². The van der Waals surface area contributed by atoms with E-state index in [2.05, 4.69) is 30.8 Å². The first-order valence-electron chi connectivity index (χ1n) is 6.47. The number of rotatable bonds is 4. The maximum Gasteiger partial charge on any atom is 0.253 e. The SMILES string of the molecule is CNc1ncc(C(=O)NCc2ncn[nH]2)c2ccccc12. The van der Waals surface area contributed by atoms with E-state index in [9.17, 15) is 4.79 Å². The maximum atomic E-state index is 12.3. The van der Waals surface area contributed by atoms with Crippen molar-refractivity contribution in [1.29, 1.82) is 0 Å². The van der Waals surface area contributed by atoms with Crippen LogP contribution in [0.25, 0.3) is 10.8 Å². The third-order valence-corrected chi connectivity index (χ3v) is 3.16. The smallest absolute Gasteiger partial charge is 0.253 e. The molecule has 0 atom stereocenters. The Labute approximate surface area is 120 Å². The Hall–Kier alpha value is -2.96. The zero-order chi connectivity index (χ0) is 14.7. The highest BCUT2D eigenvalue weighted by molar-refractivity contribution is 6.09. The van der Waals surface area contributed by atoms with Crippen LogP contribution in [0.2, 0.25) is 0 Å². The number of H-pyrrole nitrogens is 1. The van der Waals surface area contributed by atoms with E-state index in [1.165, 1.54) is 6.33 Å². The summed E-state index contributed by atoms with van der Waals surface area (Å²) in [5, 5.41) is 14.0. The first-order chi connectivity index (χ1) is 10.3.